The Morgan fingerprint density at radius 3 is 2.80 bits per heavy atom. The van der Waals surface area contributed by atoms with Gasteiger partial charge in [0.25, 0.3) is 0 Å². The number of halogens is 1. The second-order valence-corrected chi connectivity index (χ2v) is 5.19. The predicted octanol–water partition coefficient (Wildman–Crippen LogP) is 4.10. The van der Waals surface area contributed by atoms with Gasteiger partial charge in [0, 0.05) is 10.9 Å². The van der Waals surface area contributed by atoms with Crippen LogP contribution in [0.4, 0.5) is 0 Å². The Hall–Kier alpha value is -0.830. The molecule has 1 aromatic heterocycles. The first-order valence-corrected chi connectivity index (χ1v) is 5.91. The first kappa shape index (κ1) is 10.7. The Labute approximate surface area is 97.8 Å². The highest BCUT2D eigenvalue weighted by Gasteiger charge is 2.10. The molecule has 0 aliphatic rings. The van der Waals surface area contributed by atoms with E-state index >= 15 is 0 Å². The van der Waals surface area contributed by atoms with Crippen LogP contribution < -0.4 is 0 Å². The van der Waals surface area contributed by atoms with Crippen molar-refractivity contribution in [2.75, 3.05) is 0 Å². The third kappa shape index (κ3) is 2.23. The Morgan fingerprint density at radius 2 is 2.13 bits per heavy atom. The minimum absolute atomic E-state index is 0.571. The van der Waals surface area contributed by atoms with Crippen molar-refractivity contribution in [1.82, 2.24) is 4.98 Å². The molecule has 0 radical (unpaired) electrons. The van der Waals surface area contributed by atoms with Crippen molar-refractivity contribution in [3.05, 3.63) is 28.1 Å². The lowest BCUT2D eigenvalue weighted by molar-refractivity contribution is 0.481. The molecule has 2 aromatic rings. The zero-order valence-corrected chi connectivity index (χ0v) is 10.8. The van der Waals surface area contributed by atoms with E-state index < -0.39 is 0 Å². The molecule has 0 bridgehead atoms. The Bertz CT molecular complexity index is 488. The summed E-state index contributed by atoms with van der Waals surface area (Å²) < 4.78 is 6.79. The fraction of sp³-hybridized carbons (Fsp3) is 0.417. The van der Waals surface area contributed by atoms with E-state index in [1.165, 1.54) is 0 Å². The molecule has 0 atom stereocenters. The number of rotatable bonds is 2. The summed E-state index contributed by atoms with van der Waals surface area (Å²) >= 11 is 3.46. The molecule has 2 rings (SSSR count). The van der Waals surface area contributed by atoms with Crippen LogP contribution in [0.3, 0.4) is 0 Å². The third-order valence-electron chi connectivity index (χ3n) is 2.27. The number of aryl methyl sites for hydroxylation is 1. The summed E-state index contributed by atoms with van der Waals surface area (Å²) in [5.41, 5.74) is 2.98. The summed E-state index contributed by atoms with van der Waals surface area (Å²) in [6.07, 6.45) is 0.895. The normalized spacial score (nSPS) is 11.5. The van der Waals surface area contributed by atoms with E-state index in [0.29, 0.717) is 5.92 Å². The molecule has 15 heavy (non-hydrogen) atoms. The highest BCUT2D eigenvalue weighted by atomic mass is 79.9. The van der Waals surface area contributed by atoms with Crippen LogP contribution in [0.5, 0.6) is 0 Å². The maximum atomic E-state index is 5.73. The molecule has 80 valence electrons. The first-order chi connectivity index (χ1) is 7.06. The minimum Gasteiger partial charge on any atom is -0.440 e. The van der Waals surface area contributed by atoms with E-state index in [1.807, 2.05) is 19.1 Å². The van der Waals surface area contributed by atoms with Crippen molar-refractivity contribution in [3.8, 4) is 0 Å². The summed E-state index contributed by atoms with van der Waals surface area (Å²) in [5.74, 6) is 1.41. The van der Waals surface area contributed by atoms with Gasteiger partial charge in [-0.1, -0.05) is 29.8 Å². The zero-order valence-electron chi connectivity index (χ0n) is 9.17. The van der Waals surface area contributed by atoms with Crippen LogP contribution in [-0.4, -0.2) is 4.98 Å². The topological polar surface area (TPSA) is 26.0 Å². The van der Waals surface area contributed by atoms with Gasteiger partial charge in [-0.15, -0.1) is 0 Å². The highest BCUT2D eigenvalue weighted by Crippen LogP contribution is 2.25. The van der Waals surface area contributed by atoms with Gasteiger partial charge in [0.15, 0.2) is 11.5 Å². The average Bonchev–Trinajstić information content (AvgIpc) is 2.45. The average molecular weight is 268 g/mol. The molecule has 0 unspecified atom stereocenters. The fourth-order valence-corrected chi connectivity index (χ4v) is 2.20. The van der Waals surface area contributed by atoms with E-state index in [4.69, 9.17) is 4.42 Å². The molecule has 2 nitrogen and oxygen atoms in total. The number of oxazole rings is 1. The highest BCUT2D eigenvalue weighted by molar-refractivity contribution is 9.10. The van der Waals surface area contributed by atoms with E-state index in [9.17, 15) is 0 Å². The van der Waals surface area contributed by atoms with E-state index in [2.05, 4.69) is 34.8 Å². The SMILES string of the molecule is Cc1cc(Br)cc2nc(CC(C)C)oc12. The quantitative estimate of drug-likeness (QED) is 0.819. The largest absolute Gasteiger partial charge is 0.440 e. The number of hydrogen-bond donors (Lipinski definition) is 0. The second kappa shape index (κ2) is 3.97. The molecule has 1 aromatic carbocycles. The molecule has 0 aliphatic carbocycles. The Morgan fingerprint density at radius 1 is 1.40 bits per heavy atom. The minimum atomic E-state index is 0.571. The predicted molar refractivity (Wildman–Crippen MR) is 65.0 cm³/mol. The number of hydrogen-bond acceptors (Lipinski definition) is 2. The fourth-order valence-electron chi connectivity index (χ4n) is 1.64. The van der Waals surface area contributed by atoms with Crippen LogP contribution in [0, 0.1) is 12.8 Å². The van der Waals surface area contributed by atoms with E-state index in [0.717, 1.165) is 33.4 Å². The second-order valence-electron chi connectivity index (χ2n) is 4.28. The van der Waals surface area contributed by atoms with Gasteiger partial charge in [-0.2, -0.15) is 0 Å². The van der Waals surface area contributed by atoms with Crippen molar-refractivity contribution < 1.29 is 4.42 Å². The number of benzene rings is 1. The molecule has 0 fully saturated rings. The van der Waals surface area contributed by atoms with E-state index in [-0.39, 0.29) is 0 Å². The van der Waals surface area contributed by atoms with Gasteiger partial charge in [0.2, 0.25) is 0 Å². The molecule has 0 saturated heterocycles. The van der Waals surface area contributed by atoms with Crippen LogP contribution in [0.1, 0.15) is 25.3 Å². The zero-order chi connectivity index (χ0) is 11.0. The molecule has 3 heteroatoms. The van der Waals surface area contributed by atoms with Crippen molar-refractivity contribution >= 4 is 27.0 Å². The van der Waals surface area contributed by atoms with Crippen molar-refractivity contribution in [2.24, 2.45) is 5.92 Å². The summed E-state index contributed by atoms with van der Waals surface area (Å²) in [6, 6.07) is 4.04. The molecule has 0 aliphatic heterocycles. The van der Waals surface area contributed by atoms with Gasteiger partial charge >= 0.3 is 0 Å². The molecule has 1 heterocycles. The molecule has 0 spiro atoms. The molecule has 0 amide bonds. The van der Waals surface area contributed by atoms with Crippen LogP contribution in [0.15, 0.2) is 21.0 Å². The molecular weight excluding hydrogens is 254 g/mol. The van der Waals surface area contributed by atoms with Crippen LogP contribution >= 0.6 is 15.9 Å². The van der Waals surface area contributed by atoms with Crippen LogP contribution in [0.25, 0.3) is 11.1 Å². The van der Waals surface area contributed by atoms with Crippen molar-refractivity contribution in [1.29, 1.82) is 0 Å². The standard InChI is InChI=1S/C12H14BrNO/c1-7(2)4-11-14-10-6-9(13)5-8(3)12(10)15-11/h5-7H,4H2,1-3H3. The lowest BCUT2D eigenvalue weighted by Gasteiger charge is -1.97. The van der Waals surface area contributed by atoms with Gasteiger partial charge in [-0.25, -0.2) is 4.98 Å². The maximum Gasteiger partial charge on any atom is 0.195 e. The van der Waals surface area contributed by atoms with E-state index in [1.54, 1.807) is 0 Å². The van der Waals surface area contributed by atoms with Crippen LogP contribution in [0.2, 0.25) is 0 Å². The van der Waals surface area contributed by atoms with Gasteiger partial charge < -0.3 is 4.42 Å². The van der Waals surface area contributed by atoms with Gasteiger partial charge in [0.05, 0.1) is 0 Å². The summed E-state index contributed by atoms with van der Waals surface area (Å²) in [5, 5.41) is 0. The summed E-state index contributed by atoms with van der Waals surface area (Å²) in [6.45, 7) is 6.37. The Balaban J connectivity index is 2.50. The number of nitrogens with zero attached hydrogens (tertiary/aromatic N) is 1. The van der Waals surface area contributed by atoms with Gasteiger partial charge in [-0.3, -0.25) is 0 Å². The first-order valence-electron chi connectivity index (χ1n) is 5.12. The van der Waals surface area contributed by atoms with Crippen molar-refractivity contribution in [2.45, 2.75) is 27.2 Å². The molecular formula is C12H14BrNO. The molecule has 0 saturated carbocycles. The number of aromatic nitrogens is 1. The summed E-state index contributed by atoms with van der Waals surface area (Å²) in [4.78, 5) is 4.48. The Kier molecular flexibility index (Phi) is 2.83. The maximum absolute atomic E-state index is 5.73. The summed E-state index contributed by atoms with van der Waals surface area (Å²) in [7, 11) is 0. The lowest BCUT2D eigenvalue weighted by Crippen LogP contribution is -1.93. The lowest BCUT2D eigenvalue weighted by atomic mass is 10.1. The molecule has 0 N–H and O–H groups in total. The van der Waals surface area contributed by atoms with Gasteiger partial charge in [0.1, 0.15) is 5.52 Å². The van der Waals surface area contributed by atoms with Crippen LogP contribution in [-0.2, 0) is 6.42 Å². The smallest absolute Gasteiger partial charge is 0.195 e. The third-order valence-corrected chi connectivity index (χ3v) is 2.73. The monoisotopic (exact) mass is 267 g/mol. The number of fused-ring (bicyclic) bond motifs is 1. The van der Waals surface area contributed by atoms with Crippen molar-refractivity contribution in [3.63, 3.8) is 0 Å². The van der Waals surface area contributed by atoms with Gasteiger partial charge in [-0.05, 0) is 30.5 Å².